The van der Waals surface area contributed by atoms with E-state index >= 15 is 0 Å². The molecule has 0 amide bonds. The first kappa shape index (κ1) is 16.5. The molecular formula is C14H25N3O3S. The summed E-state index contributed by atoms with van der Waals surface area (Å²) in [6.45, 7) is 6.35. The lowest BCUT2D eigenvalue weighted by Crippen LogP contribution is -2.39. The number of nitrogens with zero attached hydrogens (tertiary/aromatic N) is 1. The average Bonchev–Trinajstić information content (AvgIpc) is 3.05. The Hall–Kier alpha value is -0.890. The molecule has 1 aliphatic heterocycles. The van der Waals surface area contributed by atoms with Crippen molar-refractivity contribution in [2.75, 3.05) is 20.2 Å². The molecule has 1 aliphatic rings. The Balaban J connectivity index is 2.11. The second-order valence-corrected chi connectivity index (χ2v) is 7.48. The van der Waals surface area contributed by atoms with Crippen molar-refractivity contribution < 1.29 is 13.2 Å². The van der Waals surface area contributed by atoms with Crippen molar-refractivity contribution in [2.24, 2.45) is 0 Å². The maximum absolute atomic E-state index is 12.4. The highest BCUT2D eigenvalue weighted by Crippen LogP contribution is 2.25. The molecule has 6 nitrogen and oxygen atoms in total. The Morgan fingerprint density at radius 3 is 2.81 bits per heavy atom. The van der Waals surface area contributed by atoms with E-state index in [4.69, 9.17) is 4.74 Å². The third-order valence-electron chi connectivity index (χ3n) is 3.91. The Labute approximate surface area is 126 Å². The first-order valence-corrected chi connectivity index (χ1v) is 8.86. The van der Waals surface area contributed by atoms with Crippen LogP contribution in [-0.4, -0.2) is 38.8 Å². The van der Waals surface area contributed by atoms with Gasteiger partial charge in [0.05, 0.1) is 10.5 Å². The number of hydrogen-bond acceptors (Lipinski definition) is 4. The molecule has 1 unspecified atom stereocenters. The van der Waals surface area contributed by atoms with Gasteiger partial charge < -0.3 is 14.6 Å². The highest BCUT2D eigenvalue weighted by atomic mass is 32.2. The molecule has 0 aromatic carbocycles. The van der Waals surface area contributed by atoms with Crippen LogP contribution in [0.3, 0.4) is 0 Å². The van der Waals surface area contributed by atoms with Crippen molar-refractivity contribution >= 4 is 10.0 Å². The second kappa shape index (κ2) is 6.48. The van der Waals surface area contributed by atoms with E-state index in [9.17, 15) is 8.42 Å². The van der Waals surface area contributed by atoms with Gasteiger partial charge in [0.15, 0.2) is 0 Å². The standard InChI is InChI=1S/C14H25N3O3S/c1-4-17-10-13(8-12(17)9-15-3)21(18,19)16-11-14(2)6-5-7-20-14/h8,10,15-16H,4-7,9,11H2,1-3H3. The Morgan fingerprint density at radius 2 is 2.24 bits per heavy atom. The smallest absolute Gasteiger partial charge is 0.242 e. The summed E-state index contributed by atoms with van der Waals surface area (Å²) in [5.74, 6) is 0. The van der Waals surface area contributed by atoms with Crippen LogP contribution < -0.4 is 10.0 Å². The average molecular weight is 315 g/mol. The summed E-state index contributed by atoms with van der Waals surface area (Å²) < 4.78 is 35.1. The van der Waals surface area contributed by atoms with Gasteiger partial charge in [-0.3, -0.25) is 0 Å². The fourth-order valence-corrected chi connectivity index (χ4v) is 3.82. The molecule has 2 N–H and O–H groups in total. The Kier molecular flexibility index (Phi) is 5.08. The largest absolute Gasteiger partial charge is 0.374 e. The topological polar surface area (TPSA) is 72.4 Å². The van der Waals surface area contributed by atoms with Crippen LogP contribution in [0.25, 0.3) is 0 Å². The van der Waals surface area contributed by atoms with E-state index in [2.05, 4.69) is 10.0 Å². The maximum Gasteiger partial charge on any atom is 0.242 e. The Morgan fingerprint density at radius 1 is 1.48 bits per heavy atom. The van der Waals surface area contributed by atoms with Gasteiger partial charge in [0.25, 0.3) is 0 Å². The van der Waals surface area contributed by atoms with Crippen LogP contribution in [0.5, 0.6) is 0 Å². The summed E-state index contributed by atoms with van der Waals surface area (Å²) >= 11 is 0. The maximum atomic E-state index is 12.4. The van der Waals surface area contributed by atoms with Crippen molar-refractivity contribution in [3.05, 3.63) is 18.0 Å². The monoisotopic (exact) mass is 315 g/mol. The van der Waals surface area contributed by atoms with Gasteiger partial charge >= 0.3 is 0 Å². The van der Waals surface area contributed by atoms with Gasteiger partial charge in [-0.05, 0) is 39.8 Å². The van der Waals surface area contributed by atoms with Crippen molar-refractivity contribution in [1.29, 1.82) is 0 Å². The quantitative estimate of drug-likeness (QED) is 0.789. The lowest BCUT2D eigenvalue weighted by molar-refractivity contribution is 0.0250. The highest BCUT2D eigenvalue weighted by Gasteiger charge is 2.31. The van der Waals surface area contributed by atoms with E-state index in [0.717, 1.165) is 25.1 Å². The number of nitrogens with one attached hydrogen (secondary N) is 2. The second-order valence-electron chi connectivity index (χ2n) is 5.71. The van der Waals surface area contributed by atoms with Gasteiger partial charge in [-0.25, -0.2) is 13.1 Å². The molecule has 1 aromatic heterocycles. The Bertz CT molecular complexity index is 574. The molecule has 0 radical (unpaired) electrons. The molecule has 1 saturated heterocycles. The predicted molar refractivity (Wildman–Crippen MR) is 81.6 cm³/mol. The number of aromatic nitrogens is 1. The van der Waals surface area contributed by atoms with Gasteiger partial charge in [-0.2, -0.15) is 0 Å². The summed E-state index contributed by atoms with van der Waals surface area (Å²) in [4.78, 5) is 0.316. The van der Waals surface area contributed by atoms with Crippen LogP contribution in [0.2, 0.25) is 0 Å². The fraction of sp³-hybridized carbons (Fsp3) is 0.714. The molecule has 0 spiro atoms. The number of hydrogen-bond donors (Lipinski definition) is 2. The van der Waals surface area contributed by atoms with E-state index in [1.54, 1.807) is 12.3 Å². The van der Waals surface area contributed by atoms with Crippen LogP contribution in [-0.2, 0) is 27.8 Å². The van der Waals surface area contributed by atoms with Gasteiger partial charge in [0.1, 0.15) is 0 Å². The molecule has 21 heavy (non-hydrogen) atoms. The van der Waals surface area contributed by atoms with Crippen LogP contribution in [0.1, 0.15) is 32.4 Å². The molecule has 0 bridgehead atoms. The van der Waals surface area contributed by atoms with Crippen molar-refractivity contribution in [3.63, 3.8) is 0 Å². The van der Waals surface area contributed by atoms with Crippen LogP contribution >= 0.6 is 0 Å². The minimum Gasteiger partial charge on any atom is -0.374 e. The molecular weight excluding hydrogens is 290 g/mol. The summed E-state index contributed by atoms with van der Waals surface area (Å²) in [6, 6.07) is 1.72. The SMILES string of the molecule is CCn1cc(S(=O)(=O)NCC2(C)CCCO2)cc1CNC. The van der Waals surface area contributed by atoms with E-state index in [1.165, 1.54) is 0 Å². The van der Waals surface area contributed by atoms with Crippen LogP contribution in [0.15, 0.2) is 17.2 Å². The normalized spacial score (nSPS) is 22.8. The molecule has 7 heteroatoms. The van der Waals surface area contributed by atoms with Crippen LogP contribution in [0, 0.1) is 0 Å². The fourth-order valence-electron chi connectivity index (χ4n) is 2.60. The molecule has 2 rings (SSSR count). The van der Waals surface area contributed by atoms with Gasteiger partial charge in [0, 0.05) is 38.1 Å². The summed E-state index contributed by atoms with van der Waals surface area (Å²) in [6.07, 6.45) is 3.56. The number of rotatable bonds is 7. The van der Waals surface area contributed by atoms with Crippen molar-refractivity contribution in [3.8, 4) is 0 Å². The third kappa shape index (κ3) is 3.85. The minimum atomic E-state index is -3.49. The number of ether oxygens (including phenoxy) is 1. The molecule has 1 aromatic rings. The van der Waals surface area contributed by atoms with E-state index < -0.39 is 10.0 Å². The molecule has 1 fully saturated rings. The van der Waals surface area contributed by atoms with E-state index in [0.29, 0.717) is 24.6 Å². The summed E-state index contributed by atoms with van der Waals surface area (Å²) in [7, 11) is -1.65. The zero-order valence-corrected chi connectivity index (χ0v) is 13.8. The van der Waals surface area contributed by atoms with Crippen molar-refractivity contribution in [1.82, 2.24) is 14.6 Å². The summed E-state index contributed by atoms with van der Waals surface area (Å²) in [5, 5.41) is 3.05. The van der Waals surface area contributed by atoms with Gasteiger partial charge in [0.2, 0.25) is 10.0 Å². The number of aryl methyl sites for hydroxylation is 1. The summed E-state index contributed by atoms with van der Waals surface area (Å²) in [5.41, 5.74) is 0.581. The molecule has 0 saturated carbocycles. The number of sulfonamides is 1. The molecule has 0 aliphatic carbocycles. The van der Waals surface area contributed by atoms with Crippen molar-refractivity contribution in [2.45, 2.75) is 50.3 Å². The first-order chi connectivity index (χ1) is 9.90. The molecule has 120 valence electrons. The van der Waals surface area contributed by atoms with E-state index in [1.807, 2.05) is 25.5 Å². The molecule has 1 atom stereocenters. The lowest BCUT2D eigenvalue weighted by atomic mass is 10.0. The van der Waals surface area contributed by atoms with Gasteiger partial charge in [-0.1, -0.05) is 0 Å². The van der Waals surface area contributed by atoms with Gasteiger partial charge in [-0.15, -0.1) is 0 Å². The highest BCUT2D eigenvalue weighted by molar-refractivity contribution is 7.89. The zero-order chi connectivity index (χ0) is 15.5. The zero-order valence-electron chi connectivity index (χ0n) is 13.0. The third-order valence-corrected chi connectivity index (χ3v) is 5.27. The minimum absolute atomic E-state index is 0.313. The van der Waals surface area contributed by atoms with E-state index in [-0.39, 0.29) is 5.60 Å². The van der Waals surface area contributed by atoms with Crippen LogP contribution in [0.4, 0.5) is 0 Å². The first-order valence-electron chi connectivity index (χ1n) is 7.37. The lowest BCUT2D eigenvalue weighted by Gasteiger charge is -2.23. The predicted octanol–water partition coefficient (Wildman–Crippen LogP) is 1.07. The molecule has 2 heterocycles.